The molecular weight excluding hydrogens is 360 g/mol. The summed E-state index contributed by atoms with van der Waals surface area (Å²) in [4.78, 5) is 34.6. The van der Waals surface area contributed by atoms with Crippen LogP contribution in [0.1, 0.15) is 44.0 Å². The number of amides is 1. The molecule has 0 aliphatic carbocycles. The molecule has 3 rings (SSSR count). The highest BCUT2D eigenvalue weighted by Gasteiger charge is 2.28. The first-order valence-corrected chi connectivity index (χ1v) is 9.35. The third-order valence-electron chi connectivity index (χ3n) is 4.41. The number of hydrogen-bond donors (Lipinski definition) is 1. The molecular formula is C20H26N4O4. The van der Waals surface area contributed by atoms with Crippen LogP contribution in [0, 0.1) is 0 Å². The number of anilines is 1. The SMILES string of the molecule is COC(=O)c1ccc2cnc(N[C@@H]3CCCN(C(=O)OC(C)(C)C)C3)nc2c1. The summed E-state index contributed by atoms with van der Waals surface area (Å²) in [6, 6.07) is 5.19. The number of hydrogen-bond acceptors (Lipinski definition) is 7. The van der Waals surface area contributed by atoms with Crippen LogP contribution in [0.25, 0.3) is 10.9 Å². The summed E-state index contributed by atoms with van der Waals surface area (Å²) >= 11 is 0. The smallest absolute Gasteiger partial charge is 0.410 e. The number of methoxy groups -OCH3 is 1. The molecule has 150 valence electrons. The lowest BCUT2D eigenvalue weighted by molar-refractivity contribution is 0.0206. The molecule has 1 amide bonds. The maximum atomic E-state index is 12.3. The van der Waals surface area contributed by atoms with Gasteiger partial charge in [-0.15, -0.1) is 0 Å². The largest absolute Gasteiger partial charge is 0.465 e. The van der Waals surface area contributed by atoms with E-state index < -0.39 is 11.6 Å². The summed E-state index contributed by atoms with van der Waals surface area (Å²) in [5, 5.41) is 4.13. The Morgan fingerprint density at radius 1 is 1.29 bits per heavy atom. The molecule has 0 unspecified atom stereocenters. The number of carbonyl (C=O) groups is 2. The summed E-state index contributed by atoms with van der Waals surface area (Å²) in [6.45, 7) is 6.77. The minimum absolute atomic E-state index is 0.0301. The van der Waals surface area contributed by atoms with E-state index >= 15 is 0 Å². The summed E-state index contributed by atoms with van der Waals surface area (Å²) in [7, 11) is 1.35. The zero-order chi connectivity index (χ0) is 20.3. The van der Waals surface area contributed by atoms with Crippen LogP contribution < -0.4 is 5.32 Å². The van der Waals surface area contributed by atoms with Crippen LogP contribution in [0.5, 0.6) is 0 Å². The van der Waals surface area contributed by atoms with Crippen molar-refractivity contribution in [1.29, 1.82) is 0 Å². The molecule has 0 radical (unpaired) electrons. The van der Waals surface area contributed by atoms with E-state index in [0.717, 1.165) is 18.2 Å². The van der Waals surface area contributed by atoms with Crippen LogP contribution in [-0.2, 0) is 9.47 Å². The van der Waals surface area contributed by atoms with Gasteiger partial charge in [0.1, 0.15) is 5.60 Å². The number of nitrogens with one attached hydrogen (secondary N) is 1. The Hall–Kier alpha value is -2.90. The van der Waals surface area contributed by atoms with Gasteiger partial charge < -0.3 is 19.7 Å². The zero-order valence-electron chi connectivity index (χ0n) is 16.7. The van der Waals surface area contributed by atoms with Gasteiger partial charge in [0.05, 0.1) is 18.2 Å². The van der Waals surface area contributed by atoms with Crippen LogP contribution in [0.3, 0.4) is 0 Å². The van der Waals surface area contributed by atoms with E-state index in [2.05, 4.69) is 15.3 Å². The van der Waals surface area contributed by atoms with E-state index in [1.807, 2.05) is 20.8 Å². The first kappa shape index (κ1) is 19.9. The Labute approximate surface area is 164 Å². The fourth-order valence-electron chi connectivity index (χ4n) is 3.11. The van der Waals surface area contributed by atoms with E-state index in [1.165, 1.54) is 7.11 Å². The maximum Gasteiger partial charge on any atom is 0.410 e. The minimum Gasteiger partial charge on any atom is -0.465 e. The number of ether oxygens (including phenoxy) is 2. The van der Waals surface area contributed by atoms with Gasteiger partial charge in [-0.25, -0.2) is 19.6 Å². The van der Waals surface area contributed by atoms with Crippen molar-refractivity contribution >= 4 is 28.9 Å². The van der Waals surface area contributed by atoms with Gasteiger partial charge in [0.25, 0.3) is 0 Å². The second kappa shape index (κ2) is 8.00. The van der Waals surface area contributed by atoms with Gasteiger partial charge in [-0.1, -0.05) is 6.07 Å². The molecule has 0 bridgehead atoms. The van der Waals surface area contributed by atoms with Gasteiger partial charge in [-0.2, -0.15) is 0 Å². The standard InChI is InChI=1S/C20H26N4O4/c1-20(2,3)28-19(26)24-9-5-6-15(12-24)22-18-21-11-14-8-7-13(17(25)27-4)10-16(14)23-18/h7-8,10-11,15H,5-6,9,12H2,1-4H3,(H,21,22,23)/t15-/m1/s1. The van der Waals surface area contributed by atoms with Crippen molar-refractivity contribution in [3.63, 3.8) is 0 Å². The van der Waals surface area contributed by atoms with Gasteiger partial charge in [-0.3, -0.25) is 0 Å². The molecule has 1 saturated heterocycles. The molecule has 2 heterocycles. The minimum atomic E-state index is -0.518. The van der Waals surface area contributed by atoms with Crippen molar-refractivity contribution in [2.75, 3.05) is 25.5 Å². The number of esters is 1. The third-order valence-corrected chi connectivity index (χ3v) is 4.41. The average molecular weight is 386 g/mol. The normalized spacial score (nSPS) is 17.3. The van der Waals surface area contributed by atoms with Crippen LogP contribution in [0.4, 0.5) is 10.7 Å². The highest BCUT2D eigenvalue weighted by Crippen LogP contribution is 2.19. The molecule has 8 nitrogen and oxygen atoms in total. The van der Waals surface area contributed by atoms with Crippen molar-refractivity contribution in [2.24, 2.45) is 0 Å². The van der Waals surface area contributed by atoms with Crippen molar-refractivity contribution in [3.8, 4) is 0 Å². The number of piperidine rings is 1. The topological polar surface area (TPSA) is 93.7 Å². The van der Waals surface area contributed by atoms with Crippen molar-refractivity contribution in [2.45, 2.75) is 45.3 Å². The second-order valence-electron chi connectivity index (χ2n) is 7.87. The van der Waals surface area contributed by atoms with Gasteiger partial charge in [0.2, 0.25) is 5.95 Å². The van der Waals surface area contributed by atoms with E-state index in [9.17, 15) is 9.59 Å². The van der Waals surface area contributed by atoms with Crippen molar-refractivity contribution in [3.05, 3.63) is 30.0 Å². The number of benzene rings is 1. The highest BCUT2D eigenvalue weighted by molar-refractivity contribution is 5.94. The number of aromatic nitrogens is 2. The Bertz CT molecular complexity index is 878. The number of nitrogens with zero attached hydrogens (tertiary/aromatic N) is 3. The first-order chi connectivity index (χ1) is 13.2. The zero-order valence-corrected chi connectivity index (χ0v) is 16.7. The van der Waals surface area contributed by atoms with E-state index in [-0.39, 0.29) is 12.1 Å². The Morgan fingerprint density at radius 3 is 2.79 bits per heavy atom. The summed E-state index contributed by atoms with van der Waals surface area (Å²) in [5.41, 5.74) is 0.574. The lowest BCUT2D eigenvalue weighted by atomic mass is 10.1. The van der Waals surface area contributed by atoms with Crippen LogP contribution in [0.2, 0.25) is 0 Å². The van der Waals surface area contributed by atoms with Crippen LogP contribution >= 0.6 is 0 Å². The van der Waals surface area contributed by atoms with Gasteiger partial charge >= 0.3 is 12.1 Å². The van der Waals surface area contributed by atoms with Gasteiger partial charge in [-0.05, 0) is 45.7 Å². The highest BCUT2D eigenvalue weighted by atomic mass is 16.6. The fraction of sp³-hybridized carbons (Fsp3) is 0.500. The molecule has 1 aliphatic rings. The lowest BCUT2D eigenvalue weighted by Gasteiger charge is -2.34. The molecule has 1 aromatic heterocycles. The van der Waals surface area contributed by atoms with E-state index in [1.54, 1.807) is 29.3 Å². The molecule has 1 N–H and O–H groups in total. The summed E-state index contributed by atoms with van der Waals surface area (Å²) in [6.07, 6.45) is 3.18. The van der Waals surface area contributed by atoms with E-state index in [4.69, 9.17) is 9.47 Å². The second-order valence-corrected chi connectivity index (χ2v) is 7.87. The van der Waals surface area contributed by atoms with Crippen molar-refractivity contribution in [1.82, 2.24) is 14.9 Å². The van der Waals surface area contributed by atoms with Crippen LogP contribution in [0.15, 0.2) is 24.4 Å². The Balaban J connectivity index is 1.71. The molecule has 2 aromatic rings. The summed E-state index contributed by atoms with van der Waals surface area (Å²) in [5.74, 6) is 0.0564. The number of rotatable bonds is 3. The average Bonchev–Trinajstić information content (AvgIpc) is 2.65. The number of likely N-dealkylation sites (tertiary alicyclic amines) is 1. The Morgan fingerprint density at radius 2 is 2.07 bits per heavy atom. The first-order valence-electron chi connectivity index (χ1n) is 9.35. The Kier molecular flexibility index (Phi) is 5.67. The molecule has 0 spiro atoms. The van der Waals surface area contributed by atoms with Crippen LogP contribution in [-0.4, -0.2) is 58.8 Å². The molecule has 28 heavy (non-hydrogen) atoms. The number of carbonyl (C=O) groups excluding carboxylic acids is 2. The monoisotopic (exact) mass is 386 g/mol. The molecule has 0 saturated carbocycles. The summed E-state index contributed by atoms with van der Waals surface area (Å²) < 4.78 is 10.2. The fourth-order valence-corrected chi connectivity index (χ4v) is 3.11. The van der Waals surface area contributed by atoms with Gasteiger partial charge in [0, 0.05) is 30.7 Å². The molecule has 1 atom stereocenters. The third kappa shape index (κ3) is 4.88. The molecule has 8 heteroatoms. The molecule has 1 aliphatic heterocycles. The lowest BCUT2D eigenvalue weighted by Crippen LogP contribution is -2.47. The quantitative estimate of drug-likeness (QED) is 0.810. The maximum absolute atomic E-state index is 12.3. The number of fused-ring (bicyclic) bond motifs is 1. The molecule has 1 fully saturated rings. The molecule has 1 aromatic carbocycles. The van der Waals surface area contributed by atoms with Gasteiger partial charge in [0.15, 0.2) is 0 Å². The predicted molar refractivity (Wildman–Crippen MR) is 105 cm³/mol. The van der Waals surface area contributed by atoms with Crippen molar-refractivity contribution < 1.29 is 19.1 Å². The van der Waals surface area contributed by atoms with E-state index in [0.29, 0.717) is 30.1 Å². The predicted octanol–water partition coefficient (Wildman–Crippen LogP) is 3.23.